The molecule has 1 aromatic heterocycles. The first-order valence-electron chi connectivity index (χ1n) is 6.18. The number of aryl methyl sites for hydroxylation is 1. The number of ether oxygens (including phenoxy) is 1. The molecule has 20 heavy (non-hydrogen) atoms. The Kier molecular flexibility index (Phi) is 8.05. The molecule has 1 saturated heterocycles. The van der Waals surface area contributed by atoms with Crippen LogP contribution in [0.1, 0.15) is 18.4 Å². The normalized spacial score (nSPS) is 16.5. The average Bonchev–Trinajstić information content (AvgIpc) is 2.39. The van der Waals surface area contributed by atoms with E-state index in [-0.39, 0.29) is 30.7 Å². The van der Waals surface area contributed by atoms with Crippen LogP contribution in [0.2, 0.25) is 0 Å². The lowest BCUT2D eigenvalue weighted by Crippen LogP contribution is -2.46. The van der Waals surface area contributed by atoms with Gasteiger partial charge in [0, 0.05) is 26.0 Å². The summed E-state index contributed by atoms with van der Waals surface area (Å²) >= 11 is 0. The Morgan fingerprint density at radius 2 is 2.10 bits per heavy atom. The van der Waals surface area contributed by atoms with Crippen LogP contribution in [0, 0.1) is 12.3 Å². The van der Waals surface area contributed by atoms with E-state index < -0.39 is 5.41 Å². The molecule has 2 rings (SSSR count). The Morgan fingerprint density at radius 3 is 2.65 bits per heavy atom. The van der Waals surface area contributed by atoms with Gasteiger partial charge in [-0.05, 0) is 37.5 Å². The molecule has 0 unspecified atom stereocenters. The fourth-order valence-corrected chi connectivity index (χ4v) is 2.14. The summed E-state index contributed by atoms with van der Waals surface area (Å²) in [6, 6.07) is 3.74. The number of carbonyl (C=O) groups excluding carboxylic acids is 1. The van der Waals surface area contributed by atoms with Crippen molar-refractivity contribution in [2.75, 3.05) is 25.1 Å². The number of carbonyl (C=O) groups is 1. The van der Waals surface area contributed by atoms with E-state index in [1.54, 1.807) is 6.20 Å². The number of nitrogens with zero attached hydrogens (tertiary/aromatic N) is 1. The van der Waals surface area contributed by atoms with Crippen LogP contribution in [0.3, 0.4) is 0 Å². The van der Waals surface area contributed by atoms with Crippen molar-refractivity contribution >= 4 is 36.5 Å². The smallest absolute Gasteiger partial charge is 0.233 e. The second kappa shape index (κ2) is 8.42. The summed E-state index contributed by atoms with van der Waals surface area (Å²) in [4.78, 5) is 16.5. The molecule has 1 aromatic rings. The summed E-state index contributed by atoms with van der Waals surface area (Å²) in [6.07, 6.45) is 3.02. The predicted octanol–water partition coefficient (Wildman–Crippen LogP) is 1.93. The third-order valence-electron chi connectivity index (χ3n) is 3.48. The molecule has 5 nitrogen and oxygen atoms in total. The van der Waals surface area contributed by atoms with Crippen LogP contribution >= 0.6 is 24.8 Å². The highest BCUT2D eigenvalue weighted by Gasteiger charge is 2.38. The lowest BCUT2D eigenvalue weighted by atomic mass is 9.79. The van der Waals surface area contributed by atoms with E-state index in [0.29, 0.717) is 38.4 Å². The molecule has 1 fully saturated rings. The zero-order valence-electron chi connectivity index (χ0n) is 11.4. The highest BCUT2D eigenvalue weighted by Crippen LogP contribution is 2.30. The molecule has 7 heteroatoms. The molecule has 1 aliphatic rings. The van der Waals surface area contributed by atoms with Crippen LogP contribution in [0.5, 0.6) is 0 Å². The minimum atomic E-state index is -0.510. The second-order valence-electron chi connectivity index (χ2n) is 4.77. The Balaban J connectivity index is 0.00000180. The molecule has 0 aromatic carbocycles. The van der Waals surface area contributed by atoms with Crippen molar-refractivity contribution in [3.63, 3.8) is 0 Å². The zero-order chi connectivity index (χ0) is 13.0. The first kappa shape index (κ1) is 19.1. The van der Waals surface area contributed by atoms with Crippen LogP contribution < -0.4 is 11.1 Å². The minimum Gasteiger partial charge on any atom is -0.381 e. The lowest BCUT2D eigenvalue weighted by Gasteiger charge is -2.34. The maximum atomic E-state index is 12.3. The third-order valence-corrected chi connectivity index (χ3v) is 3.48. The summed E-state index contributed by atoms with van der Waals surface area (Å²) in [7, 11) is 0. The average molecular weight is 322 g/mol. The Labute approximate surface area is 131 Å². The molecule has 1 amide bonds. The molecule has 0 atom stereocenters. The van der Waals surface area contributed by atoms with Gasteiger partial charge in [-0.25, -0.2) is 4.98 Å². The van der Waals surface area contributed by atoms with E-state index in [0.717, 1.165) is 5.56 Å². The van der Waals surface area contributed by atoms with E-state index in [2.05, 4.69) is 10.3 Å². The number of amides is 1. The number of aromatic nitrogens is 1. The van der Waals surface area contributed by atoms with Gasteiger partial charge in [-0.1, -0.05) is 0 Å². The monoisotopic (exact) mass is 321 g/mol. The Morgan fingerprint density at radius 1 is 1.45 bits per heavy atom. The van der Waals surface area contributed by atoms with Crippen molar-refractivity contribution in [2.24, 2.45) is 11.1 Å². The molecule has 0 aliphatic carbocycles. The summed E-state index contributed by atoms with van der Waals surface area (Å²) in [6.45, 7) is 3.48. The largest absolute Gasteiger partial charge is 0.381 e. The molecule has 0 saturated carbocycles. The molecule has 3 N–H and O–H groups in total. The van der Waals surface area contributed by atoms with Gasteiger partial charge in [-0.2, -0.15) is 0 Å². The van der Waals surface area contributed by atoms with Crippen molar-refractivity contribution in [1.29, 1.82) is 0 Å². The number of nitrogens with one attached hydrogen (secondary N) is 1. The van der Waals surface area contributed by atoms with Gasteiger partial charge in [0.15, 0.2) is 0 Å². The van der Waals surface area contributed by atoms with E-state index in [1.165, 1.54) is 0 Å². The van der Waals surface area contributed by atoms with Crippen molar-refractivity contribution < 1.29 is 9.53 Å². The summed E-state index contributed by atoms with van der Waals surface area (Å²) in [5.74, 6) is 0.533. The summed E-state index contributed by atoms with van der Waals surface area (Å²) < 4.78 is 5.29. The van der Waals surface area contributed by atoms with Gasteiger partial charge in [0.05, 0.1) is 5.41 Å². The first-order chi connectivity index (χ1) is 8.66. The fourth-order valence-electron chi connectivity index (χ4n) is 2.14. The molecule has 0 spiro atoms. The first-order valence-corrected chi connectivity index (χ1v) is 6.18. The molecular formula is C13H21Cl2N3O2. The van der Waals surface area contributed by atoms with Crippen molar-refractivity contribution in [2.45, 2.75) is 19.8 Å². The SMILES string of the molecule is Cc1ccnc(NC(=O)C2(CN)CCOCC2)c1.Cl.Cl. The van der Waals surface area contributed by atoms with E-state index in [9.17, 15) is 4.79 Å². The van der Waals surface area contributed by atoms with Gasteiger partial charge in [-0.15, -0.1) is 24.8 Å². The molecule has 0 radical (unpaired) electrons. The van der Waals surface area contributed by atoms with Crippen LogP contribution in [-0.2, 0) is 9.53 Å². The summed E-state index contributed by atoms with van der Waals surface area (Å²) in [5, 5.41) is 2.86. The van der Waals surface area contributed by atoms with Crippen LogP contribution in [0.25, 0.3) is 0 Å². The molecule has 2 heterocycles. The van der Waals surface area contributed by atoms with Gasteiger partial charge in [-0.3, -0.25) is 4.79 Å². The number of hydrogen-bond acceptors (Lipinski definition) is 4. The maximum absolute atomic E-state index is 12.3. The highest BCUT2D eigenvalue weighted by molar-refractivity contribution is 5.94. The standard InChI is InChI=1S/C13H19N3O2.2ClH/c1-10-2-5-15-11(8-10)16-12(17)13(9-14)3-6-18-7-4-13;;/h2,5,8H,3-4,6-7,9,14H2,1H3,(H,15,16,17);2*1H. The number of nitrogens with two attached hydrogens (primary N) is 1. The quantitative estimate of drug-likeness (QED) is 0.891. The third kappa shape index (κ3) is 4.31. The van der Waals surface area contributed by atoms with Gasteiger partial charge >= 0.3 is 0 Å². The van der Waals surface area contributed by atoms with E-state index >= 15 is 0 Å². The Hall–Kier alpha value is -0.880. The minimum absolute atomic E-state index is 0. The highest BCUT2D eigenvalue weighted by atomic mass is 35.5. The van der Waals surface area contributed by atoms with Crippen molar-refractivity contribution in [1.82, 2.24) is 4.98 Å². The topological polar surface area (TPSA) is 77.2 Å². The van der Waals surface area contributed by atoms with Gasteiger partial charge in [0.2, 0.25) is 5.91 Å². The van der Waals surface area contributed by atoms with E-state index in [1.807, 2.05) is 19.1 Å². The fraction of sp³-hybridized carbons (Fsp3) is 0.538. The van der Waals surface area contributed by atoms with E-state index in [4.69, 9.17) is 10.5 Å². The second-order valence-corrected chi connectivity index (χ2v) is 4.77. The molecular weight excluding hydrogens is 301 g/mol. The number of hydrogen-bond donors (Lipinski definition) is 2. The van der Waals surface area contributed by atoms with Crippen molar-refractivity contribution in [3.05, 3.63) is 23.9 Å². The number of anilines is 1. The molecule has 0 bridgehead atoms. The van der Waals surface area contributed by atoms with Gasteiger partial charge in [0.1, 0.15) is 5.82 Å². The summed E-state index contributed by atoms with van der Waals surface area (Å²) in [5.41, 5.74) is 6.34. The van der Waals surface area contributed by atoms with Crippen molar-refractivity contribution in [3.8, 4) is 0 Å². The number of pyridine rings is 1. The number of halogens is 2. The number of rotatable bonds is 3. The molecule has 114 valence electrons. The van der Waals surface area contributed by atoms with Gasteiger partial charge in [0.25, 0.3) is 0 Å². The Bertz CT molecular complexity index is 437. The van der Waals surface area contributed by atoms with Crippen LogP contribution in [0.4, 0.5) is 5.82 Å². The van der Waals surface area contributed by atoms with Gasteiger partial charge < -0.3 is 15.8 Å². The predicted molar refractivity (Wildman–Crippen MR) is 83.6 cm³/mol. The maximum Gasteiger partial charge on any atom is 0.233 e. The lowest BCUT2D eigenvalue weighted by molar-refractivity contribution is -0.130. The molecule has 1 aliphatic heterocycles. The van der Waals surface area contributed by atoms with Crippen LogP contribution in [-0.4, -0.2) is 30.6 Å². The zero-order valence-corrected chi connectivity index (χ0v) is 13.1. The van der Waals surface area contributed by atoms with Crippen LogP contribution in [0.15, 0.2) is 18.3 Å².